The highest BCUT2D eigenvalue weighted by Crippen LogP contribution is 2.42. The van der Waals surface area contributed by atoms with E-state index < -0.39 is 12.7 Å². The zero-order chi connectivity index (χ0) is 24.8. The molecule has 3 aliphatic rings. The first-order valence-corrected chi connectivity index (χ1v) is 12.6. The summed E-state index contributed by atoms with van der Waals surface area (Å²) >= 11 is 7.89. The smallest absolute Gasteiger partial charge is 0.376 e. The van der Waals surface area contributed by atoms with Crippen LogP contribution in [0, 0.1) is 5.41 Å². The van der Waals surface area contributed by atoms with Gasteiger partial charge in [-0.3, -0.25) is 0 Å². The van der Waals surface area contributed by atoms with E-state index in [1.54, 1.807) is 24.5 Å². The molecule has 2 N–H and O–H groups in total. The molecule has 1 aromatic carbocycles. The average molecular weight is 527 g/mol. The van der Waals surface area contributed by atoms with Gasteiger partial charge < -0.3 is 20.3 Å². The van der Waals surface area contributed by atoms with E-state index in [4.69, 9.17) is 22.1 Å². The fourth-order valence-corrected chi connectivity index (χ4v) is 6.07. The molecule has 2 atom stereocenters. The maximum absolute atomic E-state index is 12.8. The van der Waals surface area contributed by atoms with E-state index in [1.807, 2.05) is 6.92 Å². The molecule has 0 bridgehead atoms. The van der Waals surface area contributed by atoms with Crippen molar-refractivity contribution in [1.29, 1.82) is 0 Å². The maximum Gasteiger partial charge on any atom is 0.405 e. The normalized spacial score (nSPS) is 23.7. The second kappa shape index (κ2) is 9.42. The van der Waals surface area contributed by atoms with Crippen molar-refractivity contribution in [2.24, 2.45) is 16.1 Å². The summed E-state index contributed by atoms with van der Waals surface area (Å²) in [5.41, 5.74) is 7.59. The third-order valence-corrected chi connectivity index (χ3v) is 8.57. The third kappa shape index (κ3) is 5.09. The first-order valence-electron chi connectivity index (χ1n) is 11.4. The van der Waals surface area contributed by atoms with Gasteiger partial charge in [-0.1, -0.05) is 23.4 Å². The van der Waals surface area contributed by atoms with Crippen LogP contribution in [0.2, 0.25) is 5.02 Å². The van der Waals surface area contributed by atoms with Crippen LogP contribution in [0.5, 0.6) is 0 Å². The summed E-state index contributed by atoms with van der Waals surface area (Å²) in [5, 5.41) is 1.03. The molecular formula is C23H26ClF3N6OS. The number of alkyl halides is 3. The largest absolute Gasteiger partial charge is 0.405 e. The van der Waals surface area contributed by atoms with Crippen LogP contribution >= 0.6 is 23.4 Å². The lowest BCUT2D eigenvalue weighted by atomic mass is 9.73. The second-order valence-corrected chi connectivity index (χ2v) is 10.8. The predicted molar refractivity (Wildman–Crippen MR) is 129 cm³/mol. The van der Waals surface area contributed by atoms with Crippen LogP contribution in [0.15, 0.2) is 39.4 Å². The van der Waals surface area contributed by atoms with Gasteiger partial charge >= 0.3 is 6.18 Å². The van der Waals surface area contributed by atoms with Crippen LogP contribution in [-0.4, -0.2) is 65.8 Å². The SMILES string of the molecule is C[C@@H]1OCC2(CCN(c3cnc(Sc4ccc5c(c4Cl)CN(CC(F)(F)F)C=N5)cn3)CC2)[C@@H]1N. The lowest BCUT2D eigenvalue weighted by molar-refractivity contribution is -0.138. The molecule has 3 aliphatic heterocycles. The van der Waals surface area contributed by atoms with Crippen LogP contribution < -0.4 is 10.6 Å². The molecule has 1 spiro atoms. The number of aliphatic imine (C=N–C) groups is 1. The summed E-state index contributed by atoms with van der Waals surface area (Å²) in [5.74, 6) is 0.804. The fourth-order valence-electron chi connectivity index (χ4n) is 4.95. The first kappa shape index (κ1) is 24.6. The van der Waals surface area contributed by atoms with Gasteiger partial charge in [0.15, 0.2) is 0 Å². The summed E-state index contributed by atoms with van der Waals surface area (Å²) in [7, 11) is 0. The molecule has 4 heterocycles. The van der Waals surface area contributed by atoms with Gasteiger partial charge in [-0.2, -0.15) is 13.2 Å². The van der Waals surface area contributed by atoms with Gasteiger partial charge in [-0.15, -0.1) is 0 Å². The maximum atomic E-state index is 12.8. The molecule has 35 heavy (non-hydrogen) atoms. The fraction of sp³-hybridized carbons (Fsp3) is 0.522. The molecule has 0 aliphatic carbocycles. The van der Waals surface area contributed by atoms with Gasteiger partial charge in [0.1, 0.15) is 17.4 Å². The highest BCUT2D eigenvalue weighted by molar-refractivity contribution is 7.99. The molecule has 2 fully saturated rings. The number of benzene rings is 1. The summed E-state index contributed by atoms with van der Waals surface area (Å²) in [6.45, 7) is 3.40. The minimum absolute atomic E-state index is 0.0418. The van der Waals surface area contributed by atoms with Crippen LogP contribution in [-0.2, 0) is 11.3 Å². The molecule has 188 valence electrons. The van der Waals surface area contributed by atoms with E-state index in [-0.39, 0.29) is 24.1 Å². The molecule has 2 saturated heterocycles. The number of halogens is 4. The molecule has 7 nitrogen and oxygen atoms in total. The van der Waals surface area contributed by atoms with Crippen molar-refractivity contribution >= 4 is 41.2 Å². The Kier molecular flexibility index (Phi) is 6.62. The van der Waals surface area contributed by atoms with E-state index >= 15 is 0 Å². The monoisotopic (exact) mass is 526 g/mol. The van der Waals surface area contributed by atoms with Crippen molar-refractivity contribution < 1.29 is 17.9 Å². The van der Waals surface area contributed by atoms with E-state index in [2.05, 4.69) is 19.9 Å². The van der Waals surface area contributed by atoms with Gasteiger partial charge in [-0.05, 0) is 31.9 Å². The average Bonchev–Trinajstić information content (AvgIpc) is 3.10. The Morgan fingerprint density at radius 2 is 2.00 bits per heavy atom. The number of ether oxygens (including phenoxy) is 1. The number of nitrogens with zero attached hydrogens (tertiary/aromatic N) is 5. The van der Waals surface area contributed by atoms with Crippen LogP contribution in [0.3, 0.4) is 0 Å². The highest BCUT2D eigenvalue weighted by Gasteiger charge is 2.47. The van der Waals surface area contributed by atoms with E-state index in [0.29, 0.717) is 32.8 Å². The Bertz CT molecular complexity index is 1110. The van der Waals surface area contributed by atoms with Crippen LogP contribution in [0.4, 0.5) is 24.7 Å². The number of hydrogen-bond acceptors (Lipinski definition) is 8. The molecule has 12 heteroatoms. The van der Waals surface area contributed by atoms with Crippen molar-refractivity contribution in [3.05, 3.63) is 35.1 Å². The van der Waals surface area contributed by atoms with Crippen molar-refractivity contribution in [3.63, 3.8) is 0 Å². The molecule has 0 amide bonds. The van der Waals surface area contributed by atoms with Crippen molar-refractivity contribution in [2.45, 2.75) is 54.6 Å². The highest BCUT2D eigenvalue weighted by atomic mass is 35.5. The number of anilines is 1. The summed E-state index contributed by atoms with van der Waals surface area (Å²) in [6.07, 6.45) is 2.33. The van der Waals surface area contributed by atoms with E-state index in [0.717, 1.165) is 36.6 Å². The Morgan fingerprint density at radius 3 is 2.63 bits per heavy atom. The Balaban J connectivity index is 1.24. The Labute approximate surface area is 210 Å². The lowest BCUT2D eigenvalue weighted by Gasteiger charge is -2.41. The van der Waals surface area contributed by atoms with Crippen LogP contribution in [0.25, 0.3) is 0 Å². The number of hydrogen-bond donors (Lipinski definition) is 1. The van der Waals surface area contributed by atoms with Crippen molar-refractivity contribution in [1.82, 2.24) is 14.9 Å². The van der Waals surface area contributed by atoms with Gasteiger partial charge in [0, 0.05) is 41.6 Å². The lowest BCUT2D eigenvalue weighted by Crippen LogP contribution is -2.50. The number of nitrogens with two attached hydrogens (primary N) is 1. The number of piperidine rings is 1. The zero-order valence-electron chi connectivity index (χ0n) is 19.1. The summed E-state index contributed by atoms with van der Waals surface area (Å²) in [6, 6.07) is 3.62. The van der Waals surface area contributed by atoms with Crippen molar-refractivity contribution in [3.8, 4) is 0 Å². The molecule has 0 radical (unpaired) electrons. The van der Waals surface area contributed by atoms with Crippen molar-refractivity contribution in [2.75, 3.05) is 31.1 Å². The third-order valence-electron chi connectivity index (χ3n) is 7.05. The van der Waals surface area contributed by atoms with Gasteiger partial charge in [0.25, 0.3) is 0 Å². The minimum Gasteiger partial charge on any atom is -0.376 e. The predicted octanol–water partition coefficient (Wildman–Crippen LogP) is 4.65. The molecule has 0 unspecified atom stereocenters. The molecule has 0 saturated carbocycles. The van der Waals surface area contributed by atoms with E-state index in [1.165, 1.54) is 18.1 Å². The molecule has 5 rings (SSSR count). The number of aromatic nitrogens is 2. The van der Waals surface area contributed by atoms with Gasteiger partial charge in [0.2, 0.25) is 0 Å². The second-order valence-electron chi connectivity index (χ2n) is 9.35. The van der Waals surface area contributed by atoms with Gasteiger partial charge in [0.05, 0.1) is 42.2 Å². The molecular weight excluding hydrogens is 501 g/mol. The number of rotatable bonds is 4. The standard InChI is InChI=1S/C23H26ClF3N6OS/c1-14-21(28)22(12-34-14)4-6-33(7-5-22)18-8-30-19(9-29-18)35-17-3-2-16-15(20(17)24)10-32(13-31-16)11-23(25,26)27/h2-3,8-9,13-14,21H,4-7,10-12,28H2,1H3/t14-,21+/m0/s1. The molecule has 1 aromatic heterocycles. The van der Waals surface area contributed by atoms with Crippen LogP contribution in [0.1, 0.15) is 25.3 Å². The zero-order valence-corrected chi connectivity index (χ0v) is 20.7. The molecule has 2 aromatic rings. The Morgan fingerprint density at radius 1 is 1.23 bits per heavy atom. The topological polar surface area (TPSA) is 79.9 Å². The Hall–Kier alpha value is -2.08. The summed E-state index contributed by atoms with van der Waals surface area (Å²) in [4.78, 5) is 17.3. The first-order chi connectivity index (χ1) is 16.6. The summed E-state index contributed by atoms with van der Waals surface area (Å²) < 4.78 is 44.2. The quantitative estimate of drug-likeness (QED) is 0.621. The minimum atomic E-state index is -4.32. The van der Waals surface area contributed by atoms with Gasteiger partial charge in [-0.25, -0.2) is 15.0 Å². The van der Waals surface area contributed by atoms with E-state index in [9.17, 15) is 13.2 Å². The number of fused-ring (bicyclic) bond motifs is 1.